The van der Waals surface area contributed by atoms with Crippen LogP contribution >= 0.6 is 0 Å². The highest BCUT2D eigenvalue weighted by molar-refractivity contribution is 5.94. The molecule has 0 aromatic carbocycles. The van der Waals surface area contributed by atoms with Crippen molar-refractivity contribution in [1.82, 2.24) is 10.3 Å². The zero-order valence-electron chi connectivity index (χ0n) is 11.9. The fraction of sp³-hybridized carbons (Fsp3) is 0.500. The van der Waals surface area contributed by atoms with Gasteiger partial charge in [0.1, 0.15) is 5.82 Å². The van der Waals surface area contributed by atoms with Crippen molar-refractivity contribution in [1.29, 1.82) is 0 Å². The van der Waals surface area contributed by atoms with Gasteiger partial charge in [0, 0.05) is 12.2 Å². The van der Waals surface area contributed by atoms with Gasteiger partial charge >= 0.3 is 0 Å². The lowest BCUT2D eigenvalue weighted by atomic mass is 10.1. The predicted octanol–water partition coefficient (Wildman–Crippen LogP) is 2.44. The van der Waals surface area contributed by atoms with Gasteiger partial charge in [-0.1, -0.05) is 18.8 Å². The first-order valence-electron chi connectivity index (χ1n) is 7.13. The molecule has 2 N–H and O–H groups in total. The number of terminal acetylenes is 1. The maximum atomic E-state index is 11.7. The molecule has 106 valence electrons. The molecule has 1 heterocycles. The first kappa shape index (κ1) is 14.4. The van der Waals surface area contributed by atoms with Gasteiger partial charge in [-0.2, -0.15) is 0 Å². The molecule has 0 aliphatic heterocycles. The van der Waals surface area contributed by atoms with E-state index in [9.17, 15) is 4.79 Å². The van der Waals surface area contributed by atoms with E-state index in [4.69, 9.17) is 6.42 Å². The Labute approximate surface area is 120 Å². The number of aromatic nitrogens is 1. The molecule has 0 saturated heterocycles. The van der Waals surface area contributed by atoms with Crippen LogP contribution in [0, 0.1) is 18.3 Å². The molecule has 0 spiro atoms. The van der Waals surface area contributed by atoms with Gasteiger partial charge in [-0.15, -0.1) is 6.42 Å². The third-order valence-corrected chi connectivity index (χ3v) is 3.48. The van der Waals surface area contributed by atoms with E-state index in [-0.39, 0.29) is 12.5 Å². The Morgan fingerprint density at radius 1 is 1.55 bits per heavy atom. The Morgan fingerprint density at radius 2 is 2.35 bits per heavy atom. The van der Waals surface area contributed by atoms with Crippen LogP contribution in [0.4, 0.5) is 5.82 Å². The van der Waals surface area contributed by atoms with Crippen LogP contribution in [0.25, 0.3) is 0 Å². The van der Waals surface area contributed by atoms with Gasteiger partial charge in [-0.25, -0.2) is 4.98 Å². The molecule has 4 nitrogen and oxygen atoms in total. The number of rotatable bonds is 7. The lowest BCUT2D eigenvalue weighted by Crippen LogP contribution is -2.23. The standard InChI is InChI=1S/C16H21N3O/c1-3-10-17-16(20)14-8-9-15(18-11-14)19-12(2)4-5-13-6-7-13/h1,8-9,11-13H,4-7,10H2,2H3,(H,17,20)(H,18,19). The van der Waals surface area contributed by atoms with Crippen molar-refractivity contribution in [3.05, 3.63) is 23.9 Å². The van der Waals surface area contributed by atoms with E-state index in [1.165, 1.54) is 19.3 Å². The fourth-order valence-corrected chi connectivity index (χ4v) is 2.06. The van der Waals surface area contributed by atoms with E-state index >= 15 is 0 Å². The summed E-state index contributed by atoms with van der Waals surface area (Å²) in [4.78, 5) is 15.9. The second-order valence-corrected chi connectivity index (χ2v) is 5.39. The molecule has 1 aliphatic carbocycles. The molecule has 1 aromatic rings. The van der Waals surface area contributed by atoms with E-state index in [1.807, 2.05) is 6.07 Å². The number of hydrogen-bond acceptors (Lipinski definition) is 3. The predicted molar refractivity (Wildman–Crippen MR) is 80.4 cm³/mol. The van der Waals surface area contributed by atoms with Gasteiger partial charge in [-0.05, 0) is 37.8 Å². The van der Waals surface area contributed by atoms with Gasteiger partial charge in [-0.3, -0.25) is 4.79 Å². The van der Waals surface area contributed by atoms with Crippen molar-refractivity contribution >= 4 is 11.7 Å². The van der Waals surface area contributed by atoms with E-state index in [0.717, 1.165) is 18.2 Å². The number of nitrogens with zero attached hydrogens (tertiary/aromatic N) is 1. The van der Waals surface area contributed by atoms with E-state index in [2.05, 4.69) is 28.5 Å². The van der Waals surface area contributed by atoms with Crippen molar-refractivity contribution in [2.45, 2.75) is 38.6 Å². The highest BCUT2D eigenvalue weighted by atomic mass is 16.1. The number of carbonyl (C=O) groups is 1. The molecular formula is C16H21N3O. The molecule has 1 unspecified atom stereocenters. The summed E-state index contributed by atoms with van der Waals surface area (Å²) in [5, 5.41) is 5.97. The third-order valence-electron chi connectivity index (χ3n) is 3.48. The average Bonchev–Trinajstić information content (AvgIpc) is 3.27. The van der Waals surface area contributed by atoms with Crippen LogP contribution in [-0.2, 0) is 0 Å². The van der Waals surface area contributed by atoms with Crippen molar-refractivity contribution < 1.29 is 4.79 Å². The number of carbonyl (C=O) groups excluding carboxylic acids is 1. The summed E-state index contributed by atoms with van der Waals surface area (Å²) in [6.45, 7) is 2.40. The smallest absolute Gasteiger partial charge is 0.253 e. The average molecular weight is 271 g/mol. The lowest BCUT2D eigenvalue weighted by Gasteiger charge is -2.14. The van der Waals surface area contributed by atoms with Crippen LogP contribution in [0.2, 0.25) is 0 Å². The Hall–Kier alpha value is -2.02. The summed E-state index contributed by atoms with van der Waals surface area (Å²) < 4.78 is 0. The molecule has 1 fully saturated rings. The van der Waals surface area contributed by atoms with Crippen LogP contribution in [0.1, 0.15) is 43.0 Å². The lowest BCUT2D eigenvalue weighted by molar-refractivity contribution is 0.0958. The third kappa shape index (κ3) is 4.58. The zero-order chi connectivity index (χ0) is 14.4. The van der Waals surface area contributed by atoms with Gasteiger partial charge in [0.15, 0.2) is 0 Å². The van der Waals surface area contributed by atoms with Gasteiger partial charge in [0.2, 0.25) is 0 Å². The molecule has 20 heavy (non-hydrogen) atoms. The fourth-order valence-electron chi connectivity index (χ4n) is 2.06. The van der Waals surface area contributed by atoms with E-state index in [1.54, 1.807) is 12.3 Å². The SMILES string of the molecule is C#CCNC(=O)c1ccc(NC(C)CCC2CC2)nc1. The molecule has 1 amide bonds. The molecule has 1 atom stereocenters. The Balaban J connectivity index is 1.80. The number of nitrogens with one attached hydrogen (secondary N) is 2. The molecule has 0 radical (unpaired) electrons. The second-order valence-electron chi connectivity index (χ2n) is 5.39. The number of pyridine rings is 1. The monoisotopic (exact) mass is 271 g/mol. The number of amides is 1. The minimum Gasteiger partial charge on any atom is -0.368 e. The highest BCUT2D eigenvalue weighted by Crippen LogP contribution is 2.34. The topological polar surface area (TPSA) is 54.0 Å². The summed E-state index contributed by atoms with van der Waals surface area (Å²) in [6.07, 6.45) is 11.9. The summed E-state index contributed by atoms with van der Waals surface area (Å²) in [7, 11) is 0. The van der Waals surface area contributed by atoms with Gasteiger partial charge in [0.25, 0.3) is 5.91 Å². The highest BCUT2D eigenvalue weighted by Gasteiger charge is 2.21. The normalized spacial score (nSPS) is 15.2. The molecule has 1 aromatic heterocycles. The first-order chi connectivity index (χ1) is 9.69. The molecule has 2 rings (SSSR count). The summed E-state index contributed by atoms with van der Waals surface area (Å²) in [6, 6.07) is 4.00. The minimum absolute atomic E-state index is 0.191. The Kier molecular flexibility index (Phi) is 5.00. The van der Waals surface area contributed by atoms with E-state index < -0.39 is 0 Å². The minimum atomic E-state index is -0.191. The van der Waals surface area contributed by atoms with Crippen molar-refractivity contribution in [2.24, 2.45) is 5.92 Å². The maximum Gasteiger partial charge on any atom is 0.253 e. The largest absolute Gasteiger partial charge is 0.368 e. The van der Waals surface area contributed by atoms with Gasteiger partial charge < -0.3 is 10.6 Å². The number of anilines is 1. The van der Waals surface area contributed by atoms with Crippen LogP contribution < -0.4 is 10.6 Å². The van der Waals surface area contributed by atoms with Crippen molar-refractivity contribution in [2.75, 3.05) is 11.9 Å². The Bertz CT molecular complexity index is 485. The van der Waals surface area contributed by atoms with Crippen LogP contribution in [0.5, 0.6) is 0 Å². The van der Waals surface area contributed by atoms with Crippen LogP contribution in [0.15, 0.2) is 18.3 Å². The molecule has 1 aliphatic rings. The van der Waals surface area contributed by atoms with Crippen LogP contribution in [0.3, 0.4) is 0 Å². The van der Waals surface area contributed by atoms with E-state index in [0.29, 0.717) is 11.6 Å². The summed E-state index contributed by atoms with van der Waals surface area (Å²) in [5.41, 5.74) is 0.524. The van der Waals surface area contributed by atoms with Crippen molar-refractivity contribution in [3.8, 4) is 12.3 Å². The molecule has 4 heteroatoms. The maximum absolute atomic E-state index is 11.7. The first-order valence-corrected chi connectivity index (χ1v) is 7.13. The summed E-state index contributed by atoms with van der Waals surface area (Å²) in [5.74, 6) is 3.94. The molecular weight excluding hydrogens is 250 g/mol. The molecule has 0 bridgehead atoms. The quantitative estimate of drug-likeness (QED) is 0.749. The second kappa shape index (κ2) is 6.95. The zero-order valence-corrected chi connectivity index (χ0v) is 11.9. The van der Waals surface area contributed by atoms with Gasteiger partial charge in [0.05, 0.1) is 12.1 Å². The number of hydrogen-bond donors (Lipinski definition) is 2. The molecule has 1 saturated carbocycles. The van der Waals surface area contributed by atoms with Crippen molar-refractivity contribution in [3.63, 3.8) is 0 Å². The van der Waals surface area contributed by atoms with Crippen LogP contribution in [-0.4, -0.2) is 23.5 Å². The summed E-state index contributed by atoms with van der Waals surface area (Å²) >= 11 is 0. The Morgan fingerprint density at radius 3 is 2.95 bits per heavy atom.